The van der Waals surface area contributed by atoms with Crippen molar-refractivity contribution in [2.24, 2.45) is 0 Å². The summed E-state index contributed by atoms with van der Waals surface area (Å²) in [5, 5.41) is 2.58. The van der Waals surface area contributed by atoms with Gasteiger partial charge in [-0.3, -0.25) is 4.79 Å². The topological polar surface area (TPSA) is 23.6 Å². The van der Waals surface area contributed by atoms with Crippen LogP contribution in [0.5, 0.6) is 0 Å². The van der Waals surface area contributed by atoms with E-state index in [1.807, 2.05) is 0 Å². The average molecular weight is 477 g/mol. The molecule has 2 aromatic rings. The lowest BCUT2D eigenvalue weighted by molar-refractivity contribution is 0.0870. The lowest BCUT2D eigenvalue weighted by Crippen LogP contribution is -2.32. The van der Waals surface area contributed by atoms with Gasteiger partial charge in [0, 0.05) is 36.3 Å². The zero-order valence-corrected chi connectivity index (χ0v) is 22.7. The van der Waals surface area contributed by atoms with Gasteiger partial charge in [0.15, 0.2) is 5.78 Å². The Morgan fingerprint density at radius 1 is 0.771 bits per heavy atom. The molecule has 0 atom stereocenters. The van der Waals surface area contributed by atoms with E-state index < -0.39 is 0 Å². The average Bonchev–Trinajstić information content (AvgIpc) is 3.00. The van der Waals surface area contributed by atoms with E-state index in [1.54, 1.807) is 0 Å². The second-order valence-electron chi connectivity index (χ2n) is 11.1. The van der Waals surface area contributed by atoms with Crippen molar-refractivity contribution in [3.05, 3.63) is 41.5 Å². The van der Waals surface area contributed by atoms with Crippen LogP contribution < -0.4 is 4.90 Å². The zero-order chi connectivity index (χ0) is 24.7. The third kappa shape index (κ3) is 5.45. The van der Waals surface area contributed by atoms with Crippen LogP contribution in [0.2, 0.25) is 0 Å². The molecule has 0 spiro atoms. The van der Waals surface area contributed by atoms with E-state index >= 15 is 0 Å². The second-order valence-corrected chi connectivity index (χ2v) is 11.1. The Morgan fingerprint density at radius 3 is 2.20 bits per heavy atom. The van der Waals surface area contributed by atoms with Crippen molar-refractivity contribution in [3.8, 4) is 0 Å². The predicted molar refractivity (Wildman–Crippen MR) is 151 cm³/mol. The number of Topliss-reactive ketones (excluding diaryl/α,β-unsaturated/α-hetero) is 1. The molecule has 0 amide bonds. The Morgan fingerprint density at radius 2 is 1.49 bits per heavy atom. The molecule has 1 aliphatic heterocycles. The van der Waals surface area contributed by atoms with Crippen LogP contribution in [-0.2, 0) is 5.41 Å². The first-order valence-electron chi connectivity index (χ1n) is 14.7. The quantitative estimate of drug-likeness (QED) is 0.273. The van der Waals surface area contributed by atoms with E-state index in [1.165, 1.54) is 86.5 Å². The number of carbonyl (C=O) groups is 1. The van der Waals surface area contributed by atoms with E-state index in [-0.39, 0.29) is 5.41 Å². The summed E-state index contributed by atoms with van der Waals surface area (Å²) in [7, 11) is 0. The number of carbonyl (C=O) groups excluding carboxylic acids is 1. The van der Waals surface area contributed by atoms with Gasteiger partial charge in [-0.05, 0) is 55.8 Å². The number of benzene rings is 2. The normalized spacial score (nSPS) is 17.9. The lowest BCUT2D eigenvalue weighted by Gasteiger charge is -2.30. The number of unbranched alkanes of at least 4 members (excludes halogenated alkanes) is 6. The van der Waals surface area contributed by atoms with Crippen molar-refractivity contribution in [1.82, 2.24) is 4.90 Å². The van der Waals surface area contributed by atoms with E-state index in [9.17, 15) is 4.79 Å². The fourth-order valence-electron chi connectivity index (χ4n) is 6.63. The molecule has 4 rings (SSSR count). The van der Waals surface area contributed by atoms with Crippen LogP contribution in [-0.4, -0.2) is 43.4 Å². The third-order valence-electron chi connectivity index (χ3n) is 8.63. The van der Waals surface area contributed by atoms with Crippen molar-refractivity contribution in [3.63, 3.8) is 0 Å². The molecular formula is C32H48N2O. The van der Waals surface area contributed by atoms with Crippen LogP contribution in [0.1, 0.15) is 114 Å². The van der Waals surface area contributed by atoms with E-state index in [0.717, 1.165) is 50.9 Å². The number of anilines is 1. The van der Waals surface area contributed by atoms with Gasteiger partial charge in [-0.25, -0.2) is 0 Å². The predicted octanol–water partition coefficient (Wildman–Crippen LogP) is 8.14. The highest BCUT2D eigenvalue weighted by atomic mass is 16.1. The fourth-order valence-corrected chi connectivity index (χ4v) is 6.63. The molecule has 35 heavy (non-hydrogen) atoms. The molecule has 0 aromatic heterocycles. The van der Waals surface area contributed by atoms with Crippen molar-refractivity contribution in [1.29, 1.82) is 0 Å². The van der Waals surface area contributed by atoms with Gasteiger partial charge < -0.3 is 9.80 Å². The standard InChI is InChI=1S/C32H48N2O/c1-4-7-10-19-32(20-11-8-5-2)28-17-18-29(26-15-13-16-27(30(26)28)31(32)35)34-23-14-22-33(24-25-34)21-12-9-6-3/h13,15-18H,4-12,14,19-25H2,1-3H3. The smallest absolute Gasteiger partial charge is 0.174 e. The largest absolute Gasteiger partial charge is 0.370 e. The van der Waals surface area contributed by atoms with Gasteiger partial charge in [0.2, 0.25) is 0 Å². The molecule has 2 aromatic carbocycles. The summed E-state index contributed by atoms with van der Waals surface area (Å²) in [6.45, 7) is 12.6. The molecule has 2 aliphatic rings. The molecule has 0 radical (unpaired) electrons. The number of ketones is 1. The molecule has 0 N–H and O–H groups in total. The third-order valence-corrected chi connectivity index (χ3v) is 8.63. The van der Waals surface area contributed by atoms with Crippen molar-refractivity contribution in [2.75, 3.05) is 37.6 Å². The molecule has 1 heterocycles. The minimum absolute atomic E-state index is 0.306. The van der Waals surface area contributed by atoms with Gasteiger partial charge >= 0.3 is 0 Å². The highest BCUT2D eigenvalue weighted by Gasteiger charge is 2.46. The minimum atomic E-state index is -0.306. The molecule has 192 valence electrons. The maximum atomic E-state index is 14.1. The number of hydrogen-bond donors (Lipinski definition) is 0. The molecule has 0 bridgehead atoms. The van der Waals surface area contributed by atoms with Gasteiger partial charge in [0.1, 0.15) is 0 Å². The summed E-state index contributed by atoms with van der Waals surface area (Å²) in [6.07, 6.45) is 14.3. The van der Waals surface area contributed by atoms with E-state index in [0.29, 0.717) is 5.78 Å². The summed E-state index contributed by atoms with van der Waals surface area (Å²) < 4.78 is 0. The minimum Gasteiger partial charge on any atom is -0.370 e. The summed E-state index contributed by atoms with van der Waals surface area (Å²) in [4.78, 5) is 19.3. The molecule has 0 saturated carbocycles. The summed E-state index contributed by atoms with van der Waals surface area (Å²) in [5.74, 6) is 0.403. The Hall–Kier alpha value is -1.87. The summed E-state index contributed by atoms with van der Waals surface area (Å²) >= 11 is 0. The first-order valence-corrected chi connectivity index (χ1v) is 14.7. The SMILES string of the molecule is CCCCCN1CCCN(c2ccc3c4c(cccc24)C(=O)C3(CCCCC)CCCCC)CC1. The fraction of sp³-hybridized carbons (Fsp3) is 0.656. The molecule has 0 unspecified atom stereocenters. The van der Waals surface area contributed by atoms with Crippen LogP contribution in [0.15, 0.2) is 30.3 Å². The van der Waals surface area contributed by atoms with Crippen LogP contribution in [0.3, 0.4) is 0 Å². The number of rotatable bonds is 13. The highest BCUT2D eigenvalue weighted by molar-refractivity contribution is 6.22. The van der Waals surface area contributed by atoms with Gasteiger partial charge in [-0.2, -0.15) is 0 Å². The molecule has 3 heteroatoms. The maximum Gasteiger partial charge on any atom is 0.174 e. The molecule has 1 saturated heterocycles. The Kier molecular flexibility index (Phi) is 9.27. The van der Waals surface area contributed by atoms with Gasteiger partial charge in [-0.1, -0.05) is 96.4 Å². The van der Waals surface area contributed by atoms with Crippen molar-refractivity contribution in [2.45, 2.75) is 103 Å². The van der Waals surface area contributed by atoms with E-state index in [2.05, 4.69) is 60.9 Å². The molecule has 3 nitrogen and oxygen atoms in total. The molecule has 1 aliphatic carbocycles. The highest BCUT2D eigenvalue weighted by Crippen LogP contribution is 2.50. The van der Waals surface area contributed by atoms with Gasteiger partial charge in [0.25, 0.3) is 0 Å². The summed E-state index contributed by atoms with van der Waals surface area (Å²) in [6, 6.07) is 11.2. The Labute approximate surface area is 214 Å². The number of nitrogens with zero attached hydrogens (tertiary/aromatic N) is 2. The maximum absolute atomic E-state index is 14.1. The number of hydrogen-bond acceptors (Lipinski definition) is 3. The first-order chi connectivity index (χ1) is 17.2. The van der Waals surface area contributed by atoms with Crippen LogP contribution in [0.4, 0.5) is 5.69 Å². The van der Waals surface area contributed by atoms with Crippen molar-refractivity contribution >= 4 is 22.2 Å². The first kappa shape index (κ1) is 26.2. The Bertz CT molecular complexity index is 971. The Balaban J connectivity index is 1.65. The van der Waals surface area contributed by atoms with Crippen LogP contribution >= 0.6 is 0 Å². The van der Waals surface area contributed by atoms with Gasteiger partial charge in [0.05, 0.1) is 5.41 Å². The second kappa shape index (κ2) is 12.4. The monoisotopic (exact) mass is 476 g/mol. The van der Waals surface area contributed by atoms with E-state index in [4.69, 9.17) is 0 Å². The lowest BCUT2D eigenvalue weighted by atomic mass is 9.72. The molecule has 1 fully saturated rings. The van der Waals surface area contributed by atoms with Crippen LogP contribution in [0, 0.1) is 0 Å². The van der Waals surface area contributed by atoms with Crippen LogP contribution in [0.25, 0.3) is 10.8 Å². The zero-order valence-electron chi connectivity index (χ0n) is 22.7. The van der Waals surface area contributed by atoms with Gasteiger partial charge in [-0.15, -0.1) is 0 Å². The molecular weight excluding hydrogens is 428 g/mol. The summed E-state index contributed by atoms with van der Waals surface area (Å²) in [5.41, 5.74) is 3.36. The van der Waals surface area contributed by atoms with Crippen molar-refractivity contribution < 1.29 is 4.79 Å².